The highest BCUT2D eigenvalue weighted by Crippen LogP contribution is 2.53. The lowest BCUT2D eigenvalue weighted by Gasteiger charge is -2.23. The quantitative estimate of drug-likeness (QED) is 0.156. The average Bonchev–Trinajstić information content (AvgIpc) is 3.69. The van der Waals surface area contributed by atoms with Crippen LogP contribution in [0.15, 0.2) is 194 Å². The molecule has 0 nitrogen and oxygen atoms in total. The van der Waals surface area contributed by atoms with E-state index in [1.807, 2.05) is 0 Å². The van der Waals surface area contributed by atoms with Gasteiger partial charge in [0.05, 0.1) is 0 Å². The van der Waals surface area contributed by atoms with E-state index in [0.29, 0.717) is 0 Å². The van der Waals surface area contributed by atoms with Gasteiger partial charge in [-0.15, -0.1) is 0 Å². The predicted molar refractivity (Wildman–Crippen MR) is 265 cm³/mol. The van der Waals surface area contributed by atoms with Gasteiger partial charge in [0.25, 0.3) is 0 Å². The number of rotatable bonds is 4. The summed E-state index contributed by atoms with van der Waals surface area (Å²) >= 11 is 0. The highest BCUT2D eigenvalue weighted by molar-refractivity contribution is 6.30. The van der Waals surface area contributed by atoms with Crippen molar-refractivity contribution in [1.29, 1.82) is 0 Å². The third kappa shape index (κ3) is 4.84. The molecule has 0 spiro atoms. The molecular weight excluding hydrogens is 745 g/mol. The van der Waals surface area contributed by atoms with Crippen molar-refractivity contribution in [3.63, 3.8) is 0 Å². The van der Waals surface area contributed by atoms with Crippen molar-refractivity contribution >= 4 is 43.1 Å². The highest BCUT2D eigenvalue weighted by Gasteiger charge is 2.37. The highest BCUT2D eigenvalue weighted by atomic mass is 14.4. The number of fused-ring (bicyclic) bond motifs is 7. The van der Waals surface area contributed by atoms with Gasteiger partial charge in [-0.05, 0) is 150 Å². The number of hydrogen-bond donors (Lipinski definition) is 0. The lowest BCUT2D eigenvalue weighted by atomic mass is 9.80. The van der Waals surface area contributed by atoms with Gasteiger partial charge in [0.1, 0.15) is 0 Å². The standard InChI is InChI=1S/C62H44/c1-61(2)55-18-9-7-15-46(55)48-29-26-41(34-57(48)61)45-28-24-40-25-31-51-54(42-27-30-49-47-16-8-10-19-56(47)62(3,4)58(49)35-42)36-53(52-33-32-50(45)59(40)60(51)52)39-22-20-38(21-23-39)44-17-11-13-37-12-5-6-14-43(37)44/h5-36H,1-4H3. The fourth-order valence-corrected chi connectivity index (χ4v) is 11.7. The van der Waals surface area contributed by atoms with Gasteiger partial charge in [-0.3, -0.25) is 0 Å². The zero-order chi connectivity index (χ0) is 41.5. The summed E-state index contributed by atoms with van der Waals surface area (Å²) in [6.07, 6.45) is 0. The van der Waals surface area contributed by atoms with Crippen LogP contribution >= 0.6 is 0 Å². The van der Waals surface area contributed by atoms with E-state index < -0.39 is 0 Å². The molecule has 11 aromatic rings. The van der Waals surface area contributed by atoms with Gasteiger partial charge in [0.15, 0.2) is 0 Å². The van der Waals surface area contributed by atoms with Crippen LogP contribution in [0.25, 0.3) is 110 Å². The second kappa shape index (κ2) is 12.6. The van der Waals surface area contributed by atoms with Crippen LogP contribution in [0, 0.1) is 0 Å². The van der Waals surface area contributed by atoms with Crippen molar-refractivity contribution in [2.75, 3.05) is 0 Å². The molecule has 11 aromatic carbocycles. The average molecular weight is 789 g/mol. The van der Waals surface area contributed by atoms with Gasteiger partial charge in [-0.25, -0.2) is 0 Å². The molecule has 0 saturated carbocycles. The van der Waals surface area contributed by atoms with Gasteiger partial charge >= 0.3 is 0 Å². The number of hydrogen-bond acceptors (Lipinski definition) is 0. The Morgan fingerprint density at radius 3 is 1.32 bits per heavy atom. The van der Waals surface area contributed by atoms with Crippen LogP contribution in [0.5, 0.6) is 0 Å². The van der Waals surface area contributed by atoms with E-state index in [4.69, 9.17) is 0 Å². The van der Waals surface area contributed by atoms with Crippen LogP contribution in [-0.4, -0.2) is 0 Å². The summed E-state index contributed by atoms with van der Waals surface area (Å²) in [5, 5.41) is 10.4. The molecule has 0 unspecified atom stereocenters. The Morgan fingerprint density at radius 1 is 0.242 bits per heavy atom. The molecule has 2 aliphatic carbocycles. The Hall–Kier alpha value is -7.28. The van der Waals surface area contributed by atoms with Gasteiger partial charge in [0, 0.05) is 10.8 Å². The van der Waals surface area contributed by atoms with Crippen LogP contribution in [0.4, 0.5) is 0 Å². The summed E-state index contributed by atoms with van der Waals surface area (Å²) in [6.45, 7) is 9.52. The van der Waals surface area contributed by atoms with Crippen LogP contribution in [0.2, 0.25) is 0 Å². The van der Waals surface area contributed by atoms with Gasteiger partial charge < -0.3 is 0 Å². The zero-order valence-corrected chi connectivity index (χ0v) is 35.5. The molecule has 0 radical (unpaired) electrons. The summed E-state index contributed by atoms with van der Waals surface area (Å²) in [5.74, 6) is 0. The fraction of sp³-hybridized carbons (Fsp3) is 0.0968. The smallest absolute Gasteiger partial charge is 0.0159 e. The van der Waals surface area contributed by atoms with Gasteiger partial charge in [0.2, 0.25) is 0 Å². The third-order valence-corrected chi connectivity index (χ3v) is 14.9. The molecule has 0 heterocycles. The van der Waals surface area contributed by atoms with Gasteiger partial charge in [-0.2, -0.15) is 0 Å². The Balaban J connectivity index is 1.04. The second-order valence-corrected chi connectivity index (χ2v) is 18.8. The van der Waals surface area contributed by atoms with E-state index in [0.717, 1.165) is 0 Å². The molecule has 0 aromatic heterocycles. The minimum Gasteiger partial charge on any atom is -0.0619 e. The van der Waals surface area contributed by atoms with Crippen molar-refractivity contribution in [2.24, 2.45) is 0 Å². The Kier molecular flexibility index (Phi) is 7.23. The van der Waals surface area contributed by atoms with E-state index in [1.54, 1.807) is 0 Å². The lowest BCUT2D eigenvalue weighted by Crippen LogP contribution is -2.14. The molecule has 0 fully saturated rings. The lowest BCUT2D eigenvalue weighted by molar-refractivity contribution is 0.660. The first-order valence-electron chi connectivity index (χ1n) is 22.1. The van der Waals surface area contributed by atoms with E-state index in [1.165, 1.54) is 132 Å². The van der Waals surface area contributed by atoms with Crippen LogP contribution in [0.3, 0.4) is 0 Å². The zero-order valence-electron chi connectivity index (χ0n) is 35.5. The van der Waals surface area contributed by atoms with E-state index in [-0.39, 0.29) is 10.8 Å². The molecule has 62 heavy (non-hydrogen) atoms. The normalized spacial score (nSPS) is 14.4. The molecule has 0 amide bonds. The largest absolute Gasteiger partial charge is 0.0619 e. The van der Waals surface area contributed by atoms with E-state index in [9.17, 15) is 0 Å². The minimum absolute atomic E-state index is 0.0650. The second-order valence-electron chi connectivity index (χ2n) is 18.8. The summed E-state index contributed by atoms with van der Waals surface area (Å²) in [7, 11) is 0. The van der Waals surface area contributed by atoms with Crippen molar-refractivity contribution < 1.29 is 0 Å². The summed E-state index contributed by atoms with van der Waals surface area (Å²) in [5.41, 5.74) is 20.9. The molecule has 0 bridgehead atoms. The summed E-state index contributed by atoms with van der Waals surface area (Å²) in [6, 6.07) is 73.7. The first-order valence-corrected chi connectivity index (χ1v) is 22.1. The first kappa shape index (κ1) is 35.5. The van der Waals surface area contributed by atoms with E-state index >= 15 is 0 Å². The van der Waals surface area contributed by atoms with Crippen molar-refractivity contribution in [2.45, 2.75) is 38.5 Å². The minimum atomic E-state index is -0.0906. The first-order chi connectivity index (χ1) is 30.3. The van der Waals surface area contributed by atoms with Crippen molar-refractivity contribution in [1.82, 2.24) is 0 Å². The SMILES string of the molecule is CC1(C)c2ccccc2-c2ccc(-c3ccc4ccc5c(-c6ccc7c(c6)C(C)(C)c6ccccc6-7)cc(-c6ccc(-c7cccc8ccccc78)cc6)c6ccc3c4c65)cc21. The molecule has 0 saturated heterocycles. The Morgan fingerprint density at radius 2 is 0.661 bits per heavy atom. The van der Waals surface area contributed by atoms with Crippen molar-refractivity contribution in [3.8, 4) is 66.8 Å². The third-order valence-electron chi connectivity index (χ3n) is 14.9. The fourth-order valence-electron chi connectivity index (χ4n) is 11.7. The number of benzene rings is 11. The van der Waals surface area contributed by atoms with Gasteiger partial charge in [-0.1, -0.05) is 204 Å². The van der Waals surface area contributed by atoms with Crippen molar-refractivity contribution in [3.05, 3.63) is 216 Å². The maximum absolute atomic E-state index is 2.49. The molecule has 0 heteroatoms. The Bertz CT molecular complexity index is 3660. The molecule has 2 aliphatic rings. The molecule has 0 N–H and O–H groups in total. The van der Waals surface area contributed by atoms with Crippen LogP contribution < -0.4 is 0 Å². The molecule has 292 valence electrons. The van der Waals surface area contributed by atoms with Crippen LogP contribution in [-0.2, 0) is 10.8 Å². The maximum atomic E-state index is 2.49. The topological polar surface area (TPSA) is 0 Å². The summed E-state index contributed by atoms with van der Waals surface area (Å²) < 4.78 is 0. The Labute approximate surface area is 363 Å². The van der Waals surface area contributed by atoms with E-state index in [2.05, 4.69) is 222 Å². The summed E-state index contributed by atoms with van der Waals surface area (Å²) in [4.78, 5) is 0. The molecule has 0 atom stereocenters. The molecule has 13 rings (SSSR count). The van der Waals surface area contributed by atoms with Crippen LogP contribution in [0.1, 0.15) is 49.9 Å². The molecular formula is C62H44. The predicted octanol–water partition coefficient (Wildman–Crippen LogP) is 17.0. The maximum Gasteiger partial charge on any atom is 0.0159 e. The monoisotopic (exact) mass is 788 g/mol. The molecule has 0 aliphatic heterocycles.